The molecule has 2 unspecified atom stereocenters. The Bertz CT molecular complexity index is 174. The molecule has 0 heterocycles. The van der Waals surface area contributed by atoms with Crippen LogP contribution in [0.3, 0.4) is 0 Å². The molecule has 0 N–H and O–H groups in total. The molecule has 0 spiro atoms. The van der Waals surface area contributed by atoms with Crippen molar-refractivity contribution in [2.75, 3.05) is 0 Å². The highest BCUT2D eigenvalue weighted by Crippen LogP contribution is 2.22. The van der Waals surface area contributed by atoms with Gasteiger partial charge < -0.3 is 0 Å². The number of hydrogen-bond donors (Lipinski definition) is 0. The topological polar surface area (TPSA) is 0 Å². The van der Waals surface area contributed by atoms with Gasteiger partial charge in [0.05, 0.1) is 0 Å². The molecule has 0 aliphatic rings. The normalized spacial score (nSPS) is 14.2. The third-order valence-corrected chi connectivity index (χ3v) is 5.25. The monoisotopic (exact) mass is 310 g/mol. The second-order valence-corrected chi connectivity index (χ2v) is 7.90. The first kappa shape index (κ1) is 22.0. The van der Waals surface area contributed by atoms with Crippen LogP contribution in [0.5, 0.6) is 0 Å². The molecular formula is C22H46. The second-order valence-electron chi connectivity index (χ2n) is 7.90. The summed E-state index contributed by atoms with van der Waals surface area (Å²) >= 11 is 0. The highest BCUT2D eigenvalue weighted by atomic mass is 14.1. The summed E-state index contributed by atoms with van der Waals surface area (Å²) in [5.41, 5.74) is 0. The van der Waals surface area contributed by atoms with Gasteiger partial charge in [0.25, 0.3) is 0 Å². The van der Waals surface area contributed by atoms with Crippen LogP contribution in [-0.2, 0) is 0 Å². The summed E-state index contributed by atoms with van der Waals surface area (Å²) < 4.78 is 0. The standard InChI is InChI=1S/C22H46/c1-5-7-9-11-13-15-17-21(3)19-20-22(4)18-16-14-12-10-8-6-2/h21-22H,5-20H2,1-4H3. The van der Waals surface area contributed by atoms with Gasteiger partial charge in [-0.3, -0.25) is 0 Å². The minimum absolute atomic E-state index is 0.957. The maximum atomic E-state index is 2.48. The van der Waals surface area contributed by atoms with E-state index in [-0.39, 0.29) is 0 Å². The van der Waals surface area contributed by atoms with Crippen molar-refractivity contribution in [2.24, 2.45) is 11.8 Å². The Morgan fingerprint density at radius 3 is 1.09 bits per heavy atom. The molecule has 22 heavy (non-hydrogen) atoms. The largest absolute Gasteiger partial charge is 0.0654 e. The summed E-state index contributed by atoms with van der Waals surface area (Å²) in [6.07, 6.45) is 23.2. The fourth-order valence-corrected chi connectivity index (χ4v) is 3.40. The fraction of sp³-hybridized carbons (Fsp3) is 1.00. The molecule has 0 amide bonds. The molecule has 0 heteroatoms. The van der Waals surface area contributed by atoms with E-state index in [0.29, 0.717) is 0 Å². The van der Waals surface area contributed by atoms with Crippen molar-refractivity contribution >= 4 is 0 Å². The third kappa shape index (κ3) is 16.4. The average Bonchev–Trinajstić information content (AvgIpc) is 2.52. The van der Waals surface area contributed by atoms with Crippen LogP contribution in [0.2, 0.25) is 0 Å². The maximum Gasteiger partial charge on any atom is -0.0443 e. The summed E-state index contributed by atoms with van der Waals surface area (Å²) in [4.78, 5) is 0. The number of unbranched alkanes of at least 4 members (excludes halogenated alkanes) is 10. The van der Waals surface area contributed by atoms with Crippen molar-refractivity contribution in [3.8, 4) is 0 Å². The SMILES string of the molecule is CCCCCCCCC(C)CCC(C)CCCCCCCC. The molecule has 0 aliphatic heterocycles. The summed E-state index contributed by atoms with van der Waals surface area (Å²) in [6.45, 7) is 9.55. The molecule has 0 nitrogen and oxygen atoms in total. The van der Waals surface area contributed by atoms with Crippen LogP contribution in [-0.4, -0.2) is 0 Å². The number of rotatable bonds is 17. The highest BCUT2D eigenvalue weighted by Gasteiger charge is 2.07. The van der Waals surface area contributed by atoms with E-state index in [9.17, 15) is 0 Å². The second kappa shape index (κ2) is 17.4. The van der Waals surface area contributed by atoms with Gasteiger partial charge in [0.15, 0.2) is 0 Å². The van der Waals surface area contributed by atoms with E-state index in [1.807, 2.05) is 0 Å². The van der Waals surface area contributed by atoms with E-state index in [1.165, 1.54) is 103 Å². The summed E-state index contributed by atoms with van der Waals surface area (Å²) in [5.74, 6) is 1.91. The first-order valence-electron chi connectivity index (χ1n) is 10.7. The van der Waals surface area contributed by atoms with Crippen molar-refractivity contribution in [3.63, 3.8) is 0 Å². The molecule has 0 fully saturated rings. The minimum atomic E-state index is 0.957. The molecule has 0 aromatic heterocycles. The molecule has 0 bridgehead atoms. The van der Waals surface area contributed by atoms with Crippen LogP contribution < -0.4 is 0 Å². The fourth-order valence-electron chi connectivity index (χ4n) is 3.40. The van der Waals surface area contributed by atoms with Crippen LogP contribution in [0.4, 0.5) is 0 Å². The molecule has 134 valence electrons. The Kier molecular flexibility index (Phi) is 17.4. The molecule has 0 saturated carbocycles. The van der Waals surface area contributed by atoms with Gasteiger partial charge in [-0.15, -0.1) is 0 Å². The lowest BCUT2D eigenvalue weighted by Crippen LogP contribution is -2.01. The summed E-state index contributed by atoms with van der Waals surface area (Å²) in [7, 11) is 0. The molecule has 0 aromatic carbocycles. The Labute approximate surface area is 142 Å². The van der Waals surface area contributed by atoms with E-state index < -0.39 is 0 Å². The summed E-state index contributed by atoms with van der Waals surface area (Å²) in [5, 5.41) is 0. The first-order valence-corrected chi connectivity index (χ1v) is 10.7. The maximum absolute atomic E-state index is 2.48. The van der Waals surface area contributed by atoms with Crippen LogP contribution in [0.1, 0.15) is 130 Å². The Morgan fingerprint density at radius 1 is 0.409 bits per heavy atom. The van der Waals surface area contributed by atoms with Gasteiger partial charge in [-0.25, -0.2) is 0 Å². The molecule has 0 radical (unpaired) electrons. The van der Waals surface area contributed by atoms with Crippen LogP contribution in [0.25, 0.3) is 0 Å². The highest BCUT2D eigenvalue weighted by molar-refractivity contribution is 4.60. The van der Waals surface area contributed by atoms with E-state index in [4.69, 9.17) is 0 Å². The van der Waals surface area contributed by atoms with Crippen molar-refractivity contribution < 1.29 is 0 Å². The quantitative estimate of drug-likeness (QED) is 0.236. The smallest absolute Gasteiger partial charge is 0.0443 e. The number of hydrogen-bond acceptors (Lipinski definition) is 0. The van der Waals surface area contributed by atoms with Crippen molar-refractivity contribution in [2.45, 2.75) is 130 Å². The van der Waals surface area contributed by atoms with Gasteiger partial charge >= 0.3 is 0 Å². The Hall–Kier alpha value is 0. The first-order chi connectivity index (χ1) is 10.7. The Morgan fingerprint density at radius 2 is 0.727 bits per heavy atom. The lowest BCUT2D eigenvalue weighted by Gasteiger charge is -2.15. The molecule has 0 saturated heterocycles. The molecule has 2 atom stereocenters. The van der Waals surface area contributed by atoms with Crippen molar-refractivity contribution in [3.05, 3.63) is 0 Å². The molecular weight excluding hydrogens is 264 g/mol. The lowest BCUT2D eigenvalue weighted by atomic mass is 9.91. The van der Waals surface area contributed by atoms with Gasteiger partial charge in [0.1, 0.15) is 0 Å². The third-order valence-electron chi connectivity index (χ3n) is 5.25. The molecule has 0 aromatic rings. The van der Waals surface area contributed by atoms with Gasteiger partial charge in [0.2, 0.25) is 0 Å². The van der Waals surface area contributed by atoms with E-state index >= 15 is 0 Å². The average molecular weight is 311 g/mol. The van der Waals surface area contributed by atoms with Gasteiger partial charge in [-0.2, -0.15) is 0 Å². The zero-order chi connectivity index (χ0) is 16.5. The lowest BCUT2D eigenvalue weighted by molar-refractivity contribution is 0.377. The van der Waals surface area contributed by atoms with Crippen LogP contribution in [0.15, 0.2) is 0 Å². The predicted octanol–water partition coefficient (Wildman–Crippen LogP) is 8.54. The Balaban J connectivity index is 3.31. The predicted molar refractivity (Wildman–Crippen MR) is 104 cm³/mol. The van der Waals surface area contributed by atoms with Gasteiger partial charge in [-0.1, -0.05) is 130 Å². The van der Waals surface area contributed by atoms with Crippen molar-refractivity contribution in [1.82, 2.24) is 0 Å². The molecule has 0 aliphatic carbocycles. The van der Waals surface area contributed by atoms with E-state index in [1.54, 1.807) is 0 Å². The zero-order valence-electron chi connectivity index (χ0n) is 16.5. The van der Waals surface area contributed by atoms with Gasteiger partial charge in [0, 0.05) is 0 Å². The van der Waals surface area contributed by atoms with E-state index in [0.717, 1.165) is 11.8 Å². The van der Waals surface area contributed by atoms with Gasteiger partial charge in [-0.05, 0) is 11.8 Å². The van der Waals surface area contributed by atoms with Crippen molar-refractivity contribution in [1.29, 1.82) is 0 Å². The van der Waals surface area contributed by atoms with Crippen LogP contribution in [0, 0.1) is 11.8 Å². The molecule has 0 rings (SSSR count). The van der Waals surface area contributed by atoms with E-state index in [2.05, 4.69) is 27.7 Å². The minimum Gasteiger partial charge on any atom is -0.0654 e. The summed E-state index contributed by atoms with van der Waals surface area (Å²) in [6, 6.07) is 0. The zero-order valence-corrected chi connectivity index (χ0v) is 16.5. The van der Waals surface area contributed by atoms with Crippen LogP contribution >= 0.6 is 0 Å².